The quantitative estimate of drug-likeness (QED) is 0.846. The molecule has 0 aromatic heterocycles. The molecule has 0 atom stereocenters. The zero-order valence-corrected chi connectivity index (χ0v) is 11.3. The first-order valence-corrected chi connectivity index (χ1v) is 6.73. The maximum Gasteiger partial charge on any atom is 0.337 e. The number of benzene rings is 1. The number of carbonyl (C=O) groups excluding carboxylic acids is 1. The zero-order valence-electron chi connectivity index (χ0n) is 11.3. The normalized spacial score (nSPS) is 23.1. The van der Waals surface area contributed by atoms with Crippen LogP contribution in [0.2, 0.25) is 0 Å². The molecule has 19 heavy (non-hydrogen) atoms. The monoisotopic (exact) mass is 263 g/mol. The summed E-state index contributed by atoms with van der Waals surface area (Å²) in [6.45, 7) is 0.585. The Bertz CT molecular complexity index is 408. The summed E-state index contributed by atoms with van der Waals surface area (Å²) in [4.78, 5) is 11.3. The molecule has 2 N–H and O–H groups in total. The fourth-order valence-corrected chi connectivity index (χ4v) is 2.32. The van der Waals surface area contributed by atoms with Gasteiger partial charge in [-0.25, -0.2) is 4.79 Å². The number of hydrogen-bond donors (Lipinski definition) is 1. The third-order valence-electron chi connectivity index (χ3n) is 3.58. The lowest BCUT2D eigenvalue weighted by Gasteiger charge is -2.26. The summed E-state index contributed by atoms with van der Waals surface area (Å²) in [6, 6.07) is 7.68. The Morgan fingerprint density at radius 2 is 1.84 bits per heavy atom. The Morgan fingerprint density at radius 3 is 2.42 bits per heavy atom. The molecular weight excluding hydrogens is 242 g/mol. The summed E-state index contributed by atoms with van der Waals surface area (Å²) in [5.41, 5.74) is 7.50. The van der Waals surface area contributed by atoms with Crippen molar-refractivity contribution >= 4 is 5.97 Å². The van der Waals surface area contributed by atoms with Crippen molar-refractivity contribution in [3.05, 3.63) is 35.4 Å². The predicted octanol–water partition coefficient (Wildman–Crippen LogP) is 2.26. The predicted molar refractivity (Wildman–Crippen MR) is 72.8 cm³/mol. The molecule has 104 valence electrons. The molecule has 0 spiro atoms. The van der Waals surface area contributed by atoms with Gasteiger partial charge in [-0.1, -0.05) is 12.1 Å². The second-order valence-corrected chi connectivity index (χ2v) is 5.04. The fourth-order valence-electron chi connectivity index (χ4n) is 2.32. The Hall–Kier alpha value is -1.39. The molecule has 4 heteroatoms. The third kappa shape index (κ3) is 4.04. The molecule has 0 radical (unpaired) electrons. The molecule has 1 aromatic rings. The summed E-state index contributed by atoms with van der Waals surface area (Å²) in [6.07, 6.45) is 4.50. The highest BCUT2D eigenvalue weighted by atomic mass is 16.5. The highest BCUT2D eigenvalue weighted by Gasteiger charge is 2.18. The molecule has 0 saturated heterocycles. The summed E-state index contributed by atoms with van der Waals surface area (Å²) >= 11 is 0. The molecule has 0 heterocycles. The van der Waals surface area contributed by atoms with Gasteiger partial charge >= 0.3 is 5.97 Å². The van der Waals surface area contributed by atoms with Crippen LogP contribution >= 0.6 is 0 Å². The van der Waals surface area contributed by atoms with Crippen LogP contribution in [0.5, 0.6) is 0 Å². The van der Waals surface area contributed by atoms with E-state index in [1.807, 2.05) is 12.1 Å². The van der Waals surface area contributed by atoms with Gasteiger partial charge in [0.2, 0.25) is 0 Å². The van der Waals surface area contributed by atoms with Crippen molar-refractivity contribution in [1.29, 1.82) is 0 Å². The summed E-state index contributed by atoms with van der Waals surface area (Å²) in [7, 11) is 1.38. The smallest absolute Gasteiger partial charge is 0.337 e. The molecule has 2 rings (SSSR count). The van der Waals surface area contributed by atoms with Crippen LogP contribution in [-0.4, -0.2) is 25.2 Å². The average Bonchev–Trinajstić information content (AvgIpc) is 2.46. The molecule has 1 aliphatic carbocycles. The van der Waals surface area contributed by atoms with E-state index in [1.165, 1.54) is 7.11 Å². The van der Waals surface area contributed by atoms with E-state index in [0.717, 1.165) is 31.2 Å². The van der Waals surface area contributed by atoms with E-state index < -0.39 is 0 Å². The first-order chi connectivity index (χ1) is 9.19. The van der Waals surface area contributed by atoms with Crippen molar-refractivity contribution in [1.82, 2.24) is 0 Å². The van der Waals surface area contributed by atoms with Gasteiger partial charge in [-0.05, 0) is 43.4 Å². The van der Waals surface area contributed by atoms with Gasteiger partial charge in [0.15, 0.2) is 0 Å². The number of esters is 1. The lowest BCUT2D eigenvalue weighted by atomic mass is 9.94. The minimum Gasteiger partial charge on any atom is -0.465 e. The zero-order chi connectivity index (χ0) is 13.7. The van der Waals surface area contributed by atoms with Crippen LogP contribution in [0.25, 0.3) is 0 Å². The number of methoxy groups -OCH3 is 1. The van der Waals surface area contributed by atoms with Crippen molar-refractivity contribution in [2.24, 2.45) is 5.73 Å². The lowest BCUT2D eigenvalue weighted by Crippen LogP contribution is -2.30. The van der Waals surface area contributed by atoms with Gasteiger partial charge in [0, 0.05) is 6.04 Å². The van der Waals surface area contributed by atoms with E-state index in [9.17, 15) is 4.79 Å². The fraction of sp³-hybridized carbons (Fsp3) is 0.533. The maximum absolute atomic E-state index is 11.3. The van der Waals surface area contributed by atoms with Crippen LogP contribution in [0.3, 0.4) is 0 Å². The molecule has 0 amide bonds. The maximum atomic E-state index is 11.3. The van der Waals surface area contributed by atoms with Crippen LogP contribution in [-0.2, 0) is 16.1 Å². The summed E-state index contributed by atoms with van der Waals surface area (Å²) in [5.74, 6) is -0.311. The third-order valence-corrected chi connectivity index (χ3v) is 3.58. The van der Waals surface area contributed by atoms with Gasteiger partial charge in [-0.2, -0.15) is 0 Å². The number of ether oxygens (including phenoxy) is 2. The summed E-state index contributed by atoms with van der Waals surface area (Å²) in [5, 5.41) is 0. The van der Waals surface area contributed by atoms with Gasteiger partial charge in [-0.15, -0.1) is 0 Å². The Labute approximate surface area is 113 Å². The molecule has 0 bridgehead atoms. The molecule has 0 aliphatic heterocycles. The Morgan fingerprint density at radius 1 is 1.21 bits per heavy atom. The number of nitrogens with two attached hydrogens (primary N) is 1. The molecular formula is C15H21NO3. The van der Waals surface area contributed by atoms with Crippen LogP contribution in [0.1, 0.15) is 41.6 Å². The molecule has 1 aliphatic rings. The van der Waals surface area contributed by atoms with Crippen molar-refractivity contribution in [2.75, 3.05) is 7.11 Å². The van der Waals surface area contributed by atoms with Gasteiger partial charge in [0.05, 0.1) is 25.4 Å². The SMILES string of the molecule is COC(=O)c1ccc(COC2CCC(N)CC2)cc1. The second-order valence-electron chi connectivity index (χ2n) is 5.04. The van der Waals surface area contributed by atoms with Gasteiger partial charge in [0.1, 0.15) is 0 Å². The van der Waals surface area contributed by atoms with Crippen molar-refractivity contribution in [3.63, 3.8) is 0 Å². The van der Waals surface area contributed by atoms with Crippen LogP contribution in [0, 0.1) is 0 Å². The van der Waals surface area contributed by atoms with Crippen LogP contribution in [0.15, 0.2) is 24.3 Å². The van der Waals surface area contributed by atoms with Gasteiger partial charge < -0.3 is 15.2 Å². The minimum absolute atomic E-state index is 0.311. The molecule has 1 saturated carbocycles. The van der Waals surface area contributed by atoms with E-state index in [1.54, 1.807) is 12.1 Å². The first kappa shape index (κ1) is 14.0. The number of rotatable bonds is 4. The largest absolute Gasteiger partial charge is 0.465 e. The molecule has 1 aromatic carbocycles. The van der Waals surface area contributed by atoms with Gasteiger partial charge in [0.25, 0.3) is 0 Å². The molecule has 1 fully saturated rings. The van der Waals surface area contributed by atoms with Gasteiger partial charge in [-0.3, -0.25) is 0 Å². The average molecular weight is 263 g/mol. The second kappa shape index (κ2) is 6.68. The van der Waals surface area contributed by atoms with Crippen LogP contribution in [0.4, 0.5) is 0 Å². The molecule has 4 nitrogen and oxygen atoms in total. The standard InChI is InChI=1S/C15H21NO3/c1-18-15(17)12-4-2-11(3-5-12)10-19-14-8-6-13(16)7-9-14/h2-5,13-14H,6-10,16H2,1H3. The lowest BCUT2D eigenvalue weighted by molar-refractivity contribution is 0.0138. The van der Waals surface area contributed by atoms with Crippen molar-refractivity contribution in [2.45, 2.75) is 44.4 Å². The van der Waals surface area contributed by atoms with Crippen LogP contribution < -0.4 is 5.73 Å². The van der Waals surface area contributed by atoms with E-state index in [0.29, 0.717) is 24.3 Å². The van der Waals surface area contributed by atoms with E-state index >= 15 is 0 Å². The topological polar surface area (TPSA) is 61.5 Å². The van der Waals surface area contributed by atoms with E-state index in [2.05, 4.69) is 4.74 Å². The van der Waals surface area contributed by atoms with Crippen molar-refractivity contribution in [3.8, 4) is 0 Å². The highest BCUT2D eigenvalue weighted by molar-refractivity contribution is 5.89. The Kier molecular flexibility index (Phi) is 4.93. The van der Waals surface area contributed by atoms with E-state index in [4.69, 9.17) is 10.5 Å². The highest BCUT2D eigenvalue weighted by Crippen LogP contribution is 2.21. The first-order valence-electron chi connectivity index (χ1n) is 6.73. The Balaban J connectivity index is 1.81. The molecule has 0 unspecified atom stereocenters. The van der Waals surface area contributed by atoms with E-state index in [-0.39, 0.29) is 5.97 Å². The summed E-state index contributed by atoms with van der Waals surface area (Å²) < 4.78 is 10.5. The number of carbonyl (C=O) groups is 1. The minimum atomic E-state index is -0.311. The number of hydrogen-bond acceptors (Lipinski definition) is 4. The van der Waals surface area contributed by atoms with Crippen molar-refractivity contribution < 1.29 is 14.3 Å².